The third kappa shape index (κ3) is 3.26. The smallest absolute Gasteiger partial charge is 0.307 e. The van der Waals surface area contributed by atoms with E-state index in [0.717, 1.165) is 47.3 Å². The normalized spacial score (nSPS) is 42.0. The first-order valence-electron chi connectivity index (χ1n) is 13.8. The first-order chi connectivity index (χ1) is 14.9. The van der Waals surface area contributed by atoms with Crippen molar-refractivity contribution in [2.24, 2.45) is 34.5 Å². The molecule has 0 spiro atoms. The molecule has 2 nitrogen and oxygen atoms in total. The molecule has 0 amide bonds. The fourth-order valence-electron chi connectivity index (χ4n) is 10.9. The van der Waals surface area contributed by atoms with E-state index >= 15 is 0 Å². The van der Waals surface area contributed by atoms with Crippen molar-refractivity contribution in [1.29, 1.82) is 0 Å². The van der Waals surface area contributed by atoms with Gasteiger partial charge in [0.05, 0.1) is 14.0 Å². The summed E-state index contributed by atoms with van der Waals surface area (Å²) in [6.07, 6.45) is 12.5. The lowest BCUT2D eigenvalue weighted by atomic mass is 9.47. The zero-order chi connectivity index (χ0) is 23.6. The molecule has 0 bridgehead atoms. The van der Waals surface area contributed by atoms with Crippen molar-refractivity contribution in [3.05, 3.63) is 11.6 Å². The Morgan fingerprint density at radius 3 is 2.12 bits per heavy atom. The van der Waals surface area contributed by atoms with E-state index in [1.165, 1.54) is 32.1 Å². The van der Waals surface area contributed by atoms with Crippen LogP contribution in [0.15, 0.2) is 11.6 Å². The van der Waals surface area contributed by atoms with Crippen molar-refractivity contribution in [2.45, 2.75) is 129 Å². The van der Waals surface area contributed by atoms with Gasteiger partial charge in [0.25, 0.3) is 0 Å². The van der Waals surface area contributed by atoms with Crippen LogP contribution in [0.4, 0.5) is 0 Å². The van der Waals surface area contributed by atoms with Crippen molar-refractivity contribution in [2.75, 3.05) is 0 Å². The number of aliphatic carboxylic acids is 1. The summed E-state index contributed by atoms with van der Waals surface area (Å²) in [5, 5.41) is 9.88. The van der Waals surface area contributed by atoms with E-state index in [1.54, 1.807) is 0 Å². The maximum Gasteiger partial charge on any atom is 0.307 e. The number of carboxylic acids is 1. The van der Waals surface area contributed by atoms with Gasteiger partial charge in [-0.15, -0.1) is 0 Å². The van der Waals surface area contributed by atoms with E-state index in [1.807, 2.05) is 5.57 Å². The highest BCUT2D eigenvalue weighted by Gasteiger charge is 2.61. The zero-order valence-corrected chi connectivity index (χ0v) is 23.2. The maximum atomic E-state index is 12.0. The van der Waals surface area contributed by atoms with Gasteiger partial charge in [0.1, 0.15) is 0 Å². The highest BCUT2D eigenvalue weighted by Crippen LogP contribution is 2.68. The van der Waals surface area contributed by atoms with Gasteiger partial charge in [0, 0.05) is 0 Å². The number of fused-ring (bicyclic) bond motifs is 5. The van der Waals surface area contributed by atoms with Crippen LogP contribution in [0.25, 0.3) is 0 Å². The molecule has 0 saturated heterocycles. The second-order valence-electron chi connectivity index (χ2n) is 13.7. The second-order valence-corrected chi connectivity index (χ2v) is 20.0. The summed E-state index contributed by atoms with van der Waals surface area (Å²) < 4.78 is 0. The predicted molar refractivity (Wildman–Crippen MR) is 138 cm³/mol. The average Bonchev–Trinajstić information content (AvgIpc) is 3.05. The summed E-state index contributed by atoms with van der Waals surface area (Å²) in [6, 6.07) is 0. The minimum absolute atomic E-state index is 0.0287. The number of rotatable bonds is 5. The molecule has 3 saturated carbocycles. The van der Waals surface area contributed by atoms with E-state index in [4.69, 9.17) is 0 Å². The molecule has 0 aromatic carbocycles. The molecule has 0 radical (unpaired) electrons. The molecule has 7 atom stereocenters. The van der Waals surface area contributed by atoms with Crippen LogP contribution in [0.1, 0.15) is 107 Å². The Kier molecular flexibility index (Phi) is 6.35. The van der Waals surface area contributed by atoms with Gasteiger partial charge in [-0.3, -0.25) is 4.79 Å². The molecule has 4 aliphatic rings. The Labute approximate surface area is 199 Å². The Hall–Kier alpha value is -0.573. The van der Waals surface area contributed by atoms with Crippen LogP contribution in [0.3, 0.4) is 0 Å². The average molecular weight is 459 g/mol. The molecule has 0 aromatic heterocycles. The predicted octanol–water partition coefficient (Wildman–Crippen LogP) is 8.70. The van der Waals surface area contributed by atoms with E-state index in [-0.39, 0.29) is 11.3 Å². The van der Waals surface area contributed by atoms with Gasteiger partial charge >= 0.3 is 5.97 Å². The van der Waals surface area contributed by atoms with Gasteiger partial charge in [-0.2, -0.15) is 0 Å². The Morgan fingerprint density at radius 2 is 1.56 bits per heavy atom. The summed E-state index contributed by atoms with van der Waals surface area (Å²) >= 11 is 0. The molecule has 0 unspecified atom stereocenters. The fraction of sp³-hybridized carbons (Fsp3) is 0.897. The molecule has 3 heteroatoms. The Bertz CT molecular complexity index is 745. The minimum Gasteiger partial charge on any atom is -0.481 e. The van der Waals surface area contributed by atoms with Crippen molar-refractivity contribution >= 4 is 14.0 Å². The topological polar surface area (TPSA) is 37.3 Å². The lowest BCUT2D eigenvalue weighted by Crippen LogP contribution is -2.54. The maximum absolute atomic E-state index is 12.0. The summed E-state index contributed by atoms with van der Waals surface area (Å²) in [7, 11) is -1.44. The van der Waals surface area contributed by atoms with Gasteiger partial charge < -0.3 is 5.11 Å². The third-order valence-corrected chi connectivity index (χ3v) is 20.0. The second kappa shape index (κ2) is 8.28. The zero-order valence-electron chi connectivity index (χ0n) is 22.2. The van der Waals surface area contributed by atoms with Crippen LogP contribution in [-0.2, 0) is 4.79 Å². The minimum atomic E-state index is -1.44. The molecule has 0 aliphatic heterocycles. The summed E-state index contributed by atoms with van der Waals surface area (Å²) in [4.78, 5) is 12.0. The number of hydrogen-bond acceptors (Lipinski definition) is 1. The van der Waals surface area contributed by atoms with Gasteiger partial charge in [0.2, 0.25) is 0 Å². The van der Waals surface area contributed by atoms with Crippen molar-refractivity contribution in [3.63, 3.8) is 0 Å². The van der Waals surface area contributed by atoms with Gasteiger partial charge in [0.15, 0.2) is 0 Å². The van der Waals surface area contributed by atoms with E-state index in [0.29, 0.717) is 17.3 Å². The van der Waals surface area contributed by atoms with Crippen LogP contribution in [0.2, 0.25) is 22.2 Å². The highest BCUT2D eigenvalue weighted by molar-refractivity contribution is 6.84. The SMILES string of the molecule is CC(C)[Si](C(C)C)(C(C)C)[C@H]1CC[C@@]2(C)C(=CC[C@H]3[C@@H]4CC[C@H](C(=O)O)[C@@]4(C)CC[C@@H]32)C1. The largest absolute Gasteiger partial charge is 0.481 e. The summed E-state index contributed by atoms with van der Waals surface area (Å²) in [6.45, 7) is 20.1. The molecule has 0 aromatic rings. The monoisotopic (exact) mass is 458 g/mol. The van der Waals surface area contributed by atoms with E-state index < -0.39 is 14.0 Å². The van der Waals surface area contributed by atoms with Crippen LogP contribution in [0.5, 0.6) is 0 Å². The standard InChI is InChI=1S/C29H50O2Si/c1-18(2)32(19(3)4,20(5)6)22-13-15-28(7)21(17-22)9-10-23-24-11-12-26(27(30)31)29(24,8)16-14-25(23)28/h9,18-20,22-26H,10-17H2,1-8H3,(H,30,31)/t22-,23-,24-,25-,26+,28-,29-/m0/s1. The number of carbonyl (C=O) groups is 1. The molecule has 3 fully saturated rings. The molecular formula is C29H50O2Si. The van der Waals surface area contributed by atoms with Crippen LogP contribution in [0, 0.1) is 34.5 Å². The first kappa shape index (κ1) is 24.5. The van der Waals surface area contributed by atoms with E-state index in [9.17, 15) is 9.90 Å². The molecule has 1 N–H and O–H groups in total. The van der Waals surface area contributed by atoms with Crippen LogP contribution >= 0.6 is 0 Å². The Balaban J connectivity index is 1.63. The van der Waals surface area contributed by atoms with E-state index in [2.05, 4.69) is 61.5 Å². The number of allylic oxidation sites excluding steroid dienone is 2. The van der Waals surface area contributed by atoms with Crippen molar-refractivity contribution in [1.82, 2.24) is 0 Å². The fourth-order valence-corrected chi connectivity index (χ4v) is 19.0. The molecule has 0 heterocycles. The van der Waals surface area contributed by atoms with Crippen molar-refractivity contribution in [3.8, 4) is 0 Å². The summed E-state index contributed by atoms with van der Waals surface area (Å²) in [5.41, 5.74) is 5.66. The van der Waals surface area contributed by atoms with Gasteiger partial charge in [-0.05, 0) is 79.1 Å². The van der Waals surface area contributed by atoms with Crippen LogP contribution < -0.4 is 0 Å². The van der Waals surface area contributed by atoms with Gasteiger partial charge in [-0.1, -0.05) is 90.1 Å². The molecule has 4 rings (SSSR count). The lowest BCUT2D eigenvalue weighted by molar-refractivity contribution is -0.148. The third-order valence-electron chi connectivity index (χ3n) is 12.1. The molecular weight excluding hydrogens is 408 g/mol. The lowest BCUT2D eigenvalue weighted by Gasteiger charge is -2.60. The number of hydrogen-bond donors (Lipinski definition) is 1. The van der Waals surface area contributed by atoms with Crippen LogP contribution in [-0.4, -0.2) is 19.1 Å². The molecule has 182 valence electrons. The summed E-state index contributed by atoms with van der Waals surface area (Å²) in [5.74, 6) is 1.46. The van der Waals surface area contributed by atoms with Crippen molar-refractivity contribution < 1.29 is 9.90 Å². The Morgan fingerprint density at radius 1 is 0.938 bits per heavy atom. The quantitative estimate of drug-likeness (QED) is 0.330. The molecule has 4 aliphatic carbocycles. The first-order valence-corrected chi connectivity index (χ1v) is 16.1. The molecule has 32 heavy (non-hydrogen) atoms. The highest BCUT2D eigenvalue weighted by atomic mass is 28.3. The van der Waals surface area contributed by atoms with Gasteiger partial charge in [-0.25, -0.2) is 0 Å². The number of carboxylic acid groups (broad SMARTS) is 1.